The van der Waals surface area contributed by atoms with Gasteiger partial charge in [-0.2, -0.15) is 5.26 Å². The summed E-state index contributed by atoms with van der Waals surface area (Å²) in [6.07, 6.45) is 0. The third-order valence-electron chi connectivity index (χ3n) is 2.40. The lowest BCUT2D eigenvalue weighted by Crippen LogP contribution is -1.92. The number of para-hydroxylation sites is 1. The van der Waals surface area contributed by atoms with Crippen LogP contribution in [0.15, 0.2) is 42.5 Å². The average Bonchev–Trinajstić information content (AvgIpc) is 2.41. The van der Waals surface area contributed by atoms with Gasteiger partial charge in [-0.15, -0.1) is 0 Å². The minimum absolute atomic E-state index is 0.113. The van der Waals surface area contributed by atoms with E-state index in [1.165, 1.54) is 12.1 Å². The lowest BCUT2D eigenvalue weighted by atomic mass is 10.2. The molecule has 90 valence electrons. The van der Waals surface area contributed by atoms with E-state index in [2.05, 4.69) is 15.9 Å². The Labute approximate surface area is 113 Å². The van der Waals surface area contributed by atoms with E-state index in [4.69, 9.17) is 10.00 Å². The zero-order valence-electron chi connectivity index (χ0n) is 9.36. The SMILES string of the molecule is N#Cc1ccc(Oc2ccccc2CBr)c(F)c1. The summed E-state index contributed by atoms with van der Waals surface area (Å²) in [4.78, 5) is 0. The quantitative estimate of drug-likeness (QED) is 0.788. The summed E-state index contributed by atoms with van der Waals surface area (Å²) >= 11 is 3.35. The molecule has 0 aliphatic carbocycles. The van der Waals surface area contributed by atoms with Gasteiger partial charge in [-0.1, -0.05) is 34.1 Å². The number of nitrogens with zero attached hydrogens (tertiary/aromatic N) is 1. The van der Waals surface area contributed by atoms with Crippen LogP contribution in [0.25, 0.3) is 0 Å². The predicted molar refractivity (Wildman–Crippen MR) is 70.3 cm³/mol. The van der Waals surface area contributed by atoms with Crippen molar-refractivity contribution in [2.24, 2.45) is 0 Å². The second kappa shape index (κ2) is 5.65. The summed E-state index contributed by atoms with van der Waals surface area (Å²) < 4.78 is 19.2. The van der Waals surface area contributed by atoms with Gasteiger partial charge >= 0.3 is 0 Å². The first-order chi connectivity index (χ1) is 8.74. The van der Waals surface area contributed by atoms with E-state index in [1.54, 1.807) is 6.07 Å². The number of hydrogen-bond acceptors (Lipinski definition) is 2. The molecule has 2 aromatic rings. The van der Waals surface area contributed by atoms with Gasteiger partial charge in [0, 0.05) is 10.9 Å². The van der Waals surface area contributed by atoms with E-state index in [0.29, 0.717) is 11.1 Å². The Kier molecular flexibility index (Phi) is 3.96. The molecule has 0 spiro atoms. The van der Waals surface area contributed by atoms with Crippen LogP contribution in [-0.4, -0.2) is 0 Å². The largest absolute Gasteiger partial charge is 0.454 e. The second-order valence-electron chi connectivity index (χ2n) is 3.60. The Hall–Kier alpha value is -1.86. The molecule has 0 heterocycles. The molecule has 2 nitrogen and oxygen atoms in total. The summed E-state index contributed by atoms with van der Waals surface area (Å²) in [5.41, 5.74) is 1.20. The predicted octanol–water partition coefficient (Wildman–Crippen LogP) is 4.38. The van der Waals surface area contributed by atoms with E-state index in [-0.39, 0.29) is 11.3 Å². The summed E-state index contributed by atoms with van der Waals surface area (Å²) in [5, 5.41) is 9.29. The Balaban J connectivity index is 2.32. The molecule has 0 saturated carbocycles. The van der Waals surface area contributed by atoms with Crippen LogP contribution >= 0.6 is 15.9 Å². The molecule has 0 atom stereocenters. The van der Waals surface area contributed by atoms with E-state index >= 15 is 0 Å². The monoisotopic (exact) mass is 305 g/mol. The fourth-order valence-electron chi connectivity index (χ4n) is 1.49. The number of alkyl halides is 1. The molecule has 0 aliphatic heterocycles. The van der Waals surface area contributed by atoms with E-state index in [1.807, 2.05) is 24.3 Å². The van der Waals surface area contributed by atoms with Crippen LogP contribution in [-0.2, 0) is 5.33 Å². The Morgan fingerprint density at radius 3 is 2.61 bits per heavy atom. The van der Waals surface area contributed by atoms with Crippen molar-refractivity contribution in [3.05, 3.63) is 59.4 Å². The lowest BCUT2D eigenvalue weighted by molar-refractivity contribution is 0.439. The van der Waals surface area contributed by atoms with Crippen molar-refractivity contribution in [2.75, 3.05) is 0 Å². The highest BCUT2D eigenvalue weighted by molar-refractivity contribution is 9.08. The van der Waals surface area contributed by atoms with Gasteiger partial charge < -0.3 is 4.74 Å². The molecule has 0 aromatic heterocycles. The van der Waals surface area contributed by atoms with Gasteiger partial charge in [-0.25, -0.2) is 4.39 Å². The molecular weight excluding hydrogens is 297 g/mol. The second-order valence-corrected chi connectivity index (χ2v) is 4.16. The van der Waals surface area contributed by atoms with Gasteiger partial charge in [0.05, 0.1) is 11.6 Å². The smallest absolute Gasteiger partial charge is 0.167 e. The Morgan fingerprint density at radius 1 is 1.17 bits per heavy atom. The molecule has 0 N–H and O–H groups in total. The third kappa shape index (κ3) is 2.69. The molecule has 0 unspecified atom stereocenters. The van der Waals surface area contributed by atoms with Gasteiger partial charge in [-0.05, 0) is 24.3 Å². The average molecular weight is 306 g/mol. The Bertz CT molecular complexity index is 607. The number of benzene rings is 2. The first-order valence-corrected chi connectivity index (χ1v) is 6.38. The maximum Gasteiger partial charge on any atom is 0.167 e. The molecule has 0 fully saturated rings. The maximum absolute atomic E-state index is 13.7. The van der Waals surface area contributed by atoms with Crippen LogP contribution in [0.5, 0.6) is 11.5 Å². The van der Waals surface area contributed by atoms with Crippen molar-refractivity contribution in [1.29, 1.82) is 5.26 Å². The van der Waals surface area contributed by atoms with Crippen molar-refractivity contribution in [3.8, 4) is 17.6 Å². The highest BCUT2D eigenvalue weighted by Crippen LogP contribution is 2.28. The van der Waals surface area contributed by atoms with Gasteiger partial charge in [0.1, 0.15) is 5.75 Å². The van der Waals surface area contributed by atoms with Crippen LogP contribution in [0, 0.1) is 17.1 Å². The molecule has 2 rings (SSSR count). The molecule has 0 saturated heterocycles. The van der Waals surface area contributed by atoms with Crippen LogP contribution in [0.4, 0.5) is 4.39 Å². The topological polar surface area (TPSA) is 33.0 Å². The zero-order chi connectivity index (χ0) is 13.0. The minimum Gasteiger partial charge on any atom is -0.454 e. The molecular formula is C14H9BrFNO. The van der Waals surface area contributed by atoms with Crippen molar-refractivity contribution in [2.45, 2.75) is 5.33 Å². The van der Waals surface area contributed by atoms with Crippen LogP contribution in [0.1, 0.15) is 11.1 Å². The van der Waals surface area contributed by atoms with Crippen molar-refractivity contribution in [1.82, 2.24) is 0 Å². The van der Waals surface area contributed by atoms with E-state index in [9.17, 15) is 4.39 Å². The molecule has 4 heteroatoms. The molecule has 2 aromatic carbocycles. The summed E-state index contributed by atoms with van der Waals surface area (Å²) in [6, 6.07) is 13.4. The van der Waals surface area contributed by atoms with Crippen LogP contribution in [0.2, 0.25) is 0 Å². The van der Waals surface area contributed by atoms with Gasteiger partial charge in [0.2, 0.25) is 0 Å². The molecule has 0 amide bonds. The van der Waals surface area contributed by atoms with E-state index < -0.39 is 5.82 Å². The van der Waals surface area contributed by atoms with Crippen LogP contribution in [0.3, 0.4) is 0 Å². The number of ether oxygens (including phenoxy) is 1. The minimum atomic E-state index is -0.543. The van der Waals surface area contributed by atoms with Gasteiger partial charge in [-0.3, -0.25) is 0 Å². The molecule has 0 bridgehead atoms. The Morgan fingerprint density at radius 2 is 1.94 bits per heavy atom. The normalized spacial score (nSPS) is 9.83. The molecule has 0 aliphatic rings. The van der Waals surface area contributed by atoms with Crippen molar-refractivity contribution >= 4 is 15.9 Å². The standard InChI is InChI=1S/C14H9BrFNO/c15-8-11-3-1-2-4-13(11)18-14-6-5-10(9-17)7-12(14)16/h1-7H,8H2. The molecule has 0 radical (unpaired) electrons. The number of halogens is 2. The van der Waals surface area contributed by atoms with Crippen LogP contribution < -0.4 is 4.74 Å². The first-order valence-electron chi connectivity index (χ1n) is 5.26. The highest BCUT2D eigenvalue weighted by atomic mass is 79.9. The fraction of sp³-hybridized carbons (Fsp3) is 0.0714. The first kappa shape index (κ1) is 12.6. The zero-order valence-corrected chi connectivity index (χ0v) is 10.9. The number of nitriles is 1. The summed E-state index contributed by atoms with van der Waals surface area (Å²) in [5.74, 6) is 0.166. The van der Waals surface area contributed by atoms with Crippen molar-refractivity contribution < 1.29 is 9.13 Å². The fourth-order valence-corrected chi connectivity index (χ4v) is 1.95. The number of rotatable bonds is 3. The highest BCUT2D eigenvalue weighted by Gasteiger charge is 2.08. The van der Waals surface area contributed by atoms with Crippen molar-refractivity contribution in [3.63, 3.8) is 0 Å². The summed E-state index contributed by atoms with van der Waals surface area (Å²) in [7, 11) is 0. The van der Waals surface area contributed by atoms with Gasteiger partial charge in [0.15, 0.2) is 11.6 Å². The third-order valence-corrected chi connectivity index (χ3v) is 3.00. The van der Waals surface area contributed by atoms with Gasteiger partial charge in [0.25, 0.3) is 0 Å². The number of hydrogen-bond donors (Lipinski definition) is 0. The maximum atomic E-state index is 13.7. The molecule has 18 heavy (non-hydrogen) atoms. The lowest BCUT2D eigenvalue weighted by Gasteiger charge is -2.10. The van der Waals surface area contributed by atoms with E-state index in [0.717, 1.165) is 11.6 Å². The summed E-state index contributed by atoms with van der Waals surface area (Å²) in [6.45, 7) is 0.